The normalized spacial score (nSPS) is 11.8. The van der Waals surface area contributed by atoms with E-state index in [2.05, 4.69) is 15.6 Å². The van der Waals surface area contributed by atoms with Crippen LogP contribution in [0.1, 0.15) is 31.0 Å². The van der Waals surface area contributed by atoms with Gasteiger partial charge >= 0.3 is 0 Å². The average molecular weight is 515 g/mol. The number of phenolic OH excluding ortho intramolecular Hbond substituents is 1. The molecule has 2 rings (SSSR count). The number of nitrogens with zero attached hydrogens (tertiary/aromatic N) is 1. The van der Waals surface area contributed by atoms with Crippen LogP contribution in [0.2, 0.25) is 0 Å². The number of phenols is 1. The molecule has 2 aromatic carbocycles. The van der Waals surface area contributed by atoms with Gasteiger partial charge in [0, 0.05) is 12.1 Å². The summed E-state index contributed by atoms with van der Waals surface area (Å²) >= 11 is 0. The number of rotatable bonds is 8. The van der Waals surface area contributed by atoms with Gasteiger partial charge in [0.25, 0.3) is 0 Å². The third-order valence-electron chi connectivity index (χ3n) is 4.26. The van der Waals surface area contributed by atoms with Gasteiger partial charge in [-0.05, 0) is 49.7 Å². The lowest BCUT2D eigenvalue weighted by molar-refractivity contribution is 0.373. The van der Waals surface area contributed by atoms with E-state index in [0.29, 0.717) is 18.3 Å². The third-order valence-corrected chi connectivity index (χ3v) is 4.26. The highest BCUT2D eigenvalue weighted by molar-refractivity contribution is 14.0. The summed E-state index contributed by atoms with van der Waals surface area (Å²) in [7, 11) is 4.81. The molecule has 0 bridgehead atoms. The standard InChI is InChI=1S/C21H29N3O4.HI/c1-6-22-21(23-13-15-7-9-20(28-5)18(25)11-15)24-14(2)17-12-16(26-3)8-10-19(17)27-4;/h7-12,14,25H,6,13H2,1-5H3,(H2,22,23,24);1H. The first kappa shape index (κ1) is 24.7. The summed E-state index contributed by atoms with van der Waals surface area (Å²) in [5.41, 5.74) is 1.84. The van der Waals surface area contributed by atoms with Gasteiger partial charge in [-0.1, -0.05) is 6.07 Å². The minimum atomic E-state index is -0.0629. The molecule has 29 heavy (non-hydrogen) atoms. The van der Waals surface area contributed by atoms with E-state index in [4.69, 9.17) is 14.2 Å². The second-order valence-electron chi connectivity index (χ2n) is 6.18. The van der Waals surface area contributed by atoms with Crippen LogP contribution in [0.25, 0.3) is 0 Å². The van der Waals surface area contributed by atoms with Crippen molar-refractivity contribution in [2.75, 3.05) is 27.9 Å². The molecule has 0 aliphatic heterocycles. The number of hydrogen-bond donors (Lipinski definition) is 3. The molecule has 1 atom stereocenters. The van der Waals surface area contributed by atoms with Crippen LogP contribution in [0.15, 0.2) is 41.4 Å². The Kier molecular flexibility index (Phi) is 10.4. The van der Waals surface area contributed by atoms with E-state index in [9.17, 15) is 5.11 Å². The van der Waals surface area contributed by atoms with Crippen LogP contribution in [0.4, 0.5) is 0 Å². The van der Waals surface area contributed by atoms with E-state index >= 15 is 0 Å². The van der Waals surface area contributed by atoms with Gasteiger partial charge in [0.2, 0.25) is 0 Å². The zero-order valence-electron chi connectivity index (χ0n) is 17.5. The van der Waals surface area contributed by atoms with Crippen LogP contribution in [-0.2, 0) is 6.54 Å². The number of methoxy groups -OCH3 is 3. The number of halogens is 1. The highest BCUT2D eigenvalue weighted by atomic mass is 127. The molecule has 8 heteroatoms. The first-order chi connectivity index (χ1) is 13.5. The number of nitrogens with one attached hydrogen (secondary N) is 2. The molecule has 0 aliphatic carbocycles. The van der Waals surface area contributed by atoms with Crippen LogP contribution in [0.3, 0.4) is 0 Å². The van der Waals surface area contributed by atoms with Crippen molar-refractivity contribution in [3.63, 3.8) is 0 Å². The van der Waals surface area contributed by atoms with Crippen molar-refractivity contribution < 1.29 is 19.3 Å². The van der Waals surface area contributed by atoms with Crippen LogP contribution in [-0.4, -0.2) is 38.9 Å². The molecule has 0 spiro atoms. The van der Waals surface area contributed by atoms with Crippen LogP contribution >= 0.6 is 24.0 Å². The molecule has 3 N–H and O–H groups in total. The molecular formula is C21H30IN3O4. The summed E-state index contributed by atoms with van der Waals surface area (Å²) in [6.45, 7) is 5.17. The molecule has 2 aromatic rings. The lowest BCUT2D eigenvalue weighted by Crippen LogP contribution is -2.38. The number of aromatic hydroxyl groups is 1. The predicted octanol–water partition coefficient (Wildman–Crippen LogP) is 3.85. The molecule has 0 radical (unpaired) electrons. The Morgan fingerprint density at radius 1 is 1.03 bits per heavy atom. The number of benzene rings is 2. The summed E-state index contributed by atoms with van der Waals surface area (Å²) in [5.74, 6) is 2.74. The zero-order valence-corrected chi connectivity index (χ0v) is 19.8. The molecule has 0 saturated heterocycles. The quantitative estimate of drug-likeness (QED) is 0.282. The first-order valence-electron chi connectivity index (χ1n) is 9.15. The van der Waals surface area contributed by atoms with E-state index in [1.165, 1.54) is 7.11 Å². The second kappa shape index (κ2) is 12.3. The Morgan fingerprint density at radius 2 is 1.72 bits per heavy atom. The van der Waals surface area contributed by atoms with Gasteiger partial charge in [0.1, 0.15) is 11.5 Å². The lowest BCUT2D eigenvalue weighted by atomic mass is 10.1. The Morgan fingerprint density at radius 3 is 2.31 bits per heavy atom. The molecule has 160 valence electrons. The van der Waals surface area contributed by atoms with E-state index in [1.54, 1.807) is 26.4 Å². The maximum atomic E-state index is 9.93. The molecule has 0 saturated carbocycles. The number of guanidine groups is 1. The molecule has 0 amide bonds. The fraction of sp³-hybridized carbons (Fsp3) is 0.381. The van der Waals surface area contributed by atoms with Gasteiger partial charge < -0.3 is 30.0 Å². The SMILES string of the molecule is CCNC(=NCc1ccc(OC)c(O)c1)NC(C)c1cc(OC)ccc1OC.I. The number of aliphatic imine (C=N–C) groups is 1. The zero-order chi connectivity index (χ0) is 20.5. The molecule has 0 fully saturated rings. The summed E-state index contributed by atoms with van der Waals surface area (Å²) in [4.78, 5) is 4.61. The van der Waals surface area contributed by atoms with Gasteiger partial charge in [-0.3, -0.25) is 0 Å². The van der Waals surface area contributed by atoms with Crippen molar-refractivity contribution >= 4 is 29.9 Å². The van der Waals surface area contributed by atoms with Gasteiger partial charge in [-0.2, -0.15) is 0 Å². The van der Waals surface area contributed by atoms with Crippen molar-refractivity contribution in [3.8, 4) is 23.0 Å². The minimum absolute atomic E-state index is 0. The summed E-state index contributed by atoms with van der Waals surface area (Å²) in [6.07, 6.45) is 0. The highest BCUT2D eigenvalue weighted by Gasteiger charge is 2.14. The Bertz CT molecular complexity index is 815. The number of hydrogen-bond acceptors (Lipinski definition) is 5. The van der Waals surface area contributed by atoms with Crippen molar-refractivity contribution in [1.29, 1.82) is 0 Å². The first-order valence-corrected chi connectivity index (χ1v) is 9.15. The topological polar surface area (TPSA) is 84.3 Å². The Hall–Kier alpha value is -2.36. The Balaban J connectivity index is 0.00000420. The van der Waals surface area contributed by atoms with E-state index in [-0.39, 0.29) is 35.8 Å². The predicted molar refractivity (Wildman–Crippen MR) is 126 cm³/mol. The monoisotopic (exact) mass is 515 g/mol. The van der Waals surface area contributed by atoms with E-state index < -0.39 is 0 Å². The van der Waals surface area contributed by atoms with Crippen molar-refractivity contribution in [2.45, 2.75) is 26.4 Å². The number of ether oxygens (including phenoxy) is 3. The molecular weight excluding hydrogens is 485 g/mol. The van der Waals surface area contributed by atoms with Crippen LogP contribution in [0.5, 0.6) is 23.0 Å². The minimum Gasteiger partial charge on any atom is -0.504 e. The molecule has 7 nitrogen and oxygen atoms in total. The fourth-order valence-electron chi connectivity index (χ4n) is 2.78. The van der Waals surface area contributed by atoms with Gasteiger partial charge in [-0.25, -0.2) is 4.99 Å². The van der Waals surface area contributed by atoms with Gasteiger partial charge in [0.05, 0.1) is 33.9 Å². The van der Waals surface area contributed by atoms with Crippen molar-refractivity contribution in [3.05, 3.63) is 47.5 Å². The second-order valence-corrected chi connectivity index (χ2v) is 6.18. The molecule has 0 aliphatic rings. The Labute approximate surface area is 189 Å². The lowest BCUT2D eigenvalue weighted by Gasteiger charge is -2.21. The maximum Gasteiger partial charge on any atom is 0.192 e. The fourth-order valence-corrected chi connectivity index (χ4v) is 2.78. The summed E-state index contributed by atoms with van der Waals surface area (Å²) in [6, 6.07) is 10.9. The third kappa shape index (κ3) is 6.88. The molecule has 1 unspecified atom stereocenters. The van der Waals surface area contributed by atoms with Crippen LogP contribution in [0, 0.1) is 0 Å². The highest BCUT2D eigenvalue weighted by Crippen LogP contribution is 2.29. The van der Waals surface area contributed by atoms with E-state index in [0.717, 1.165) is 29.2 Å². The molecule has 0 aromatic heterocycles. The van der Waals surface area contributed by atoms with Gasteiger partial charge in [0.15, 0.2) is 17.5 Å². The summed E-state index contributed by atoms with van der Waals surface area (Å²) < 4.78 is 15.9. The average Bonchev–Trinajstić information content (AvgIpc) is 2.71. The van der Waals surface area contributed by atoms with E-state index in [1.807, 2.05) is 38.1 Å². The van der Waals surface area contributed by atoms with Gasteiger partial charge in [-0.15, -0.1) is 24.0 Å². The molecule has 0 heterocycles. The largest absolute Gasteiger partial charge is 0.504 e. The van der Waals surface area contributed by atoms with Crippen LogP contribution < -0.4 is 24.8 Å². The maximum absolute atomic E-state index is 9.93. The van der Waals surface area contributed by atoms with Crippen molar-refractivity contribution in [2.24, 2.45) is 4.99 Å². The smallest absolute Gasteiger partial charge is 0.192 e. The summed E-state index contributed by atoms with van der Waals surface area (Å²) in [5, 5.41) is 16.6. The van der Waals surface area contributed by atoms with Crippen molar-refractivity contribution in [1.82, 2.24) is 10.6 Å².